The van der Waals surface area contributed by atoms with Crippen molar-refractivity contribution in [1.82, 2.24) is 19.5 Å². The van der Waals surface area contributed by atoms with Crippen molar-refractivity contribution in [3.05, 3.63) is 51.2 Å². The van der Waals surface area contributed by atoms with Crippen molar-refractivity contribution in [2.45, 2.75) is 26.3 Å². The van der Waals surface area contributed by atoms with E-state index >= 15 is 0 Å². The standard InChI is InChI=1S/C15H16N4O2/c1-2-3-9-19-12(10-7-5-4-6-8-10)16-11-13(19)17-15(21)18-14(11)20/h4-8H,2-3,9H2,1H3,(H2,17,18,20,21). The van der Waals surface area contributed by atoms with Crippen molar-refractivity contribution in [2.24, 2.45) is 0 Å². The number of nitrogens with zero attached hydrogens (tertiary/aromatic N) is 2. The lowest BCUT2D eigenvalue weighted by molar-refractivity contribution is 0.646. The SMILES string of the molecule is CCCCn1c(-c2ccccc2)nc2c(=O)[nH]c(=O)[nH]c21. The van der Waals surface area contributed by atoms with Crippen molar-refractivity contribution >= 4 is 11.2 Å². The highest BCUT2D eigenvalue weighted by atomic mass is 16.2. The smallest absolute Gasteiger partial charge is 0.310 e. The number of fused-ring (bicyclic) bond motifs is 1. The zero-order chi connectivity index (χ0) is 14.8. The number of rotatable bonds is 4. The Bertz CT molecular complexity index is 874. The maximum atomic E-state index is 11.9. The molecule has 21 heavy (non-hydrogen) atoms. The molecule has 3 rings (SSSR count). The molecule has 0 bridgehead atoms. The zero-order valence-corrected chi connectivity index (χ0v) is 11.7. The van der Waals surface area contributed by atoms with Crippen LogP contribution in [0, 0.1) is 0 Å². The van der Waals surface area contributed by atoms with E-state index in [0.717, 1.165) is 18.4 Å². The molecule has 0 aliphatic rings. The number of H-pyrrole nitrogens is 2. The number of aryl methyl sites for hydroxylation is 1. The van der Waals surface area contributed by atoms with Gasteiger partial charge in [0.1, 0.15) is 11.5 Å². The second kappa shape index (κ2) is 5.40. The van der Waals surface area contributed by atoms with E-state index in [1.54, 1.807) is 0 Å². The first-order valence-electron chi connectivity index (χ1n) is 6.99. The summed E-state index contributed by atoms with van der Waals surface area (Å²) >= 11 is 0. The molecule has 6 heteroatoms. The lowest BCUT2D eigenvalue weighted by Gasteiger charge is -2.07. The van der Waals surface area contributed by atoms with Crippen LogP contribution in [-0.4, -0.2) is 19.5 Å². The normalized spacial score (nSPS) is 11.1. The molecule has 0 aliphatic heterocycles. The van der Waals surface area contributed by atoms with Crippen LogP contribution in [0.4, 0.5) is 0 Å². The van der Waals surface area contributed by atoms with E-state index in [1.807, 2.05) is 34.9 Å². The summed E-state index contributed by atoms with van der Waals surface area (Å²) in [5.41, 5.74) is 0.705. The molecule has 0 radical (unpaired) electrons. The first kappa shape index (κ1) is 13.4. The Morgan fingerprint density at radius 3 is 2.62 bits per heavy atom. The number of unbranched alkanes of at least 4 members (excludes halogenated alkanes) is 1. The highest BCUT2D eigenvalue weighted by molar-refractivity contribution is 5.76. The molecule has 6 nitrogen and oxygen atoms in total. The maximum absolute atomic E-state index is 11.9. The second-order valence-electron chi connectivity index (χ2n) is 4.91. The molecule has 1 aromatic carbocycles. The van der Waals surface area contributed by atoms with Gasteiger partial charge in [-0.25, -0.2) is 9.78 Å². The lowest BCUT2D eigenvalue weighted by atomic mass is 10.2. The monoisotopic (exact) mass is 284 g/mol. The summed E-state index contributed by atoms with van der Waals surface area (Å²) in [6, 6.07) is 9.65. The Labute approximate surface area is 120 Å². The number of aromatic amines is 2. The largest absolute Gasteiger partial charge is 0.327 e. The van der Waals surface area contributed by atoms with Gasteiger partial charge >= 0.3 is 5.69 Å². The van der Waals surface area contributed by atoms with Gasteiger partial charge in [0.15, 0.2) is 5.52 Å². The van der Waals surface area contributed by atoms with Crippen molar-refractivity contribution in [3.63, 3.8) is 0 Å². The summed E-state index contributed by atoms with van der Waals surface area (Å²) in [6.07, 6.45) is 1.96. The third kappa shape index (κ3) is 2.40. The molecule has 0 amide bonds. The van der Waals surface area contributed by atoms with E-state index in [2.05, 4.69) is 21.9 Å². The van der Waals surface area contributed by atoms with Gasteiger partial charge in [-0.3, -0.25) is 14.8 Å². The number of benzene rings is 1. The minimum absolute atomic E-state index is 0.268. The number of aromatic nitrogens is 4. The molecular formula is C15H16N4O2. The van der Waals surface area contributed by atoms with Crippen LogP contribution in [0.15, 0.2) is 39.9 Å². The Morgan fingerprint density at radius 2 is 1.90 bits per heavy atom. The fourth-order valence-corrected chi connectivity index (χ4v) is 2.38. The average Bonchev–Trinajstić information content (AvgIpc) is 2.85. The van der Waals surface area contributed by atoms with Crippen LogP contribution in [0.1, 0.15) is 19.8 Å². The van der Waals surface area contributed by atoms with Gasteiger partial charge in [0.05, 0.1) is 0 Å². The number of nitrogens with one attached hydrogen (secondary N) is 2. The fourth-order valence-electron chi connectivity index (χ4n) is 2.38. The molecule has 0 saturated carbocycles. The Hall–Kier alpha value is -2.63. The topological polar surface area (TPSA) is 83.5 Å². The molecule has 2 heterocycles. The van der Waals surface area contributed by atoms with Crippen LogP contribution in [0.25, 0.3) is 22.6 Å². The molecule has 2 N–H and O–H groups in total. The Balaban J connectivity index is 2.30. The van der Waals surface area contributed by atoms with E-state index in [1.165, 1.54) is 0 Å². The van der Waals surface area contributed by atoms with E-state index in [4.69, 9.17) is 0 Å². The van der Waals surface area contributed by atoms with Crippen LogP contribution in [0.2, 0.25) is 0 Å². The quantitative estimate of drug-likeness (QED) is 0.767. The minimum atomic E-state index is -0.509. The van der Waals surface area contributed by atoms with Gasteiger partial charge in [-0.15, -0.1) is 0 Å². The van der Waals surface area contributed by atoms with Gasteiger partial charge in [-0.1, -0.05) is 43.7 Å². The molecule has 108 valence electrons. The highest BCUT2D eigenvalue weighted by Gasteiger charge is 2.15. The zero-order valence-electron chi connectivity index (χ0n) is 11.7. The number of imidazole rings is 1. The van der Waals surface area contributed by atoms with Gasteiger partial charge in [0, 0.05) is 12.1 Å². The second-order valence-corrected chi connectivity index (χ2v) is 4.91. The Kier molecular flexibility index (Phi) is 3.43. The summed E-state index contributed by atoms with van der Waals surface area (Å²) in [7, 11) is 0. The lowest BCUT2D eigenvalue weighted by Crippen LogP contribution is -2.22. The van der Waals surface area contributed by atoms with Crippen molar-refractivity contribution in [1.29, 1.82) is 0 Å². The van der Waals surface area contributed by atoms with Crippen LogP contribution in [-0.2, 0) is 6.54 Å². The minimum Gasteiger partial charge on any atom is -0.310 e. The predicted octanol–water partition coefficient (Wildman–Crippen LogP) is 1.88. The van der Waals surface area contributed by atoms with Gasteiger partial charge in [0.25, 0.3) is 5.56 Å². The fraction of sp³-hybridized carbons (Fsp3) is 0.267. The summed E-state index contributed by atoms with van der Waals surface area (Å²) in [4.78, 5) is 32.8. The molecule has 0 spiro atoms. The van der Waals surface area contributed by atoms with Crippen LogP contribution in [0.3, 0.4) is 0 Å². The van der Waals surface area contributed by atoms with E-state index < -0.39 is 11.2 Å². The van der Waals surface area contributed by atoms with Crippen LogP contribution in [0.5, 0.6) is 0 Å². The van der Waals surface area contributed by atoms with E-state index in [9.17, 15) is 9.59 Å². The first-order valence-corrected chi connectivity index (χ1v) is 6.99. The van der Waals surface area contributed by atoms with Crippen LogP contribution < -0.4 is 11.2 Å². The summed E-state index contributed by atoms with van der Waals surface area (Å²) < 4.78 is 1.91. The molecule has 0 saturated heterocycles. The molecule has 0 atom stereocenters. The van der Waals surface area contributed by atoms with Crippen molar-refractivity contribution < 1.29 is 0 Å². The molecule has 2 aromatic heterocycles. The highest BCUT2D eigenvalue weighted by Crippen LogP contribution is 2.22. The third-order valence-electron chi connectivity index (χ3n) is 3.41. The molecule has 0 aliphatic carbocycles. The Morgan fingerprint density at radius 1 is 1.14 bits per heavy atom. The summed E-state index contributed by atoms with van der Waals surface area (Å²) in [6.45, 7) is 2.80. The maximum Gasteiger partial charge on any atom is 0.327 e. The van der Waals surface area contributed by atoms with Gasteiger partial charge in [-0.2, -0.15) is 0 Å². The summed E-state index contributed by atoms with van der Waals surface area (Å²) in [5, 5.41) is 0. The number of hydrogen-bond acceptors (Lipinski definition) is 3. The van der Waals surface area contributed by atoms with E-state index in [0.29, 0.717) is 18.0 Å². The average molecular weight is 284 g/mol. The van der Waals surface area contributed by atoms with Gasteiger partial charge in [-0.05, 0) is 6.42 Å². The molecule has 3 aromatic rings. The first-order chi connectivity index (χ1) is 10.2. The van der Waals surface area contributed by atoms with Crippen molar-refractivity contribution in [3.8, 4) is 11.4 Å². The van der Waals surface area contributed by atoms with Gasteiger partial charge < -0.3 is 4.57 Å². The van der Waals surface area contributed by atoms with Crippen LogP contribution >= 0.6 is 0 Å². The van der Waals surface area contributed by atoms with E-state index in [-0.39, 0.29) is 5.52 Å². The van der Waals surface area contributed by atoms with Gasteiger partial charge in [0.2, 0.25) is 0 Å². The molecule has 0 unspecified atom stereocenters. The molecular weight excluding hydrogens is 268 g/mol. The van der Waals surface area contributed by atoms with Crippen molar-refractivity contribution in [2.75, 3.05) is 0 Å². The predicted molar refractivity (Wildman–Crippen MR) is 81.3 cm³/mol. The number of hydrogen-bond donors (Lipinski definition) is 2. The molecule has 0 fully saturated rings. The third-order valence-corrected chi connectivity index (χ3v) is 3.41. The summed E-state index contributed by atoms with van der Waals surface area (Å²) in [5.74, 6) is 0.700.